The normalized spacial score (nSPS) is 17.6. The van der Waals surface area contributed by atoms with E-state index in [1.807, 2.05) is 6.07 Å². The summed E-state index contributed by atoms with van der Waals surface area (Å²) in [5, 5.41) is 14.0. The molecular weight excluding hydrogens is 480 g/mol. The molecule has 4 aromatic rings. The van der Waals surface area contributed by atoms with Gasteiger partial charge in [0.15, 0.2) is 5.78 Å². The number of aromatic nitrogens is 3. The second kappa shape index (κ2) is 10.6. The van der Waals surface area contributed by atoms with Crippen LogP contribution in [0.1, 0.15) is 41.6 Å². The van der Waals surface area contributed by atoms with Crippen molar-refractivity contribution in [3.05, 3.63) is 71.3 Å². The van der Waals surface area contributed by atoms with Crippen LogP contribution in [0.15, 0.2) is 55.1 Å². The molecule has 0 spiro atoms. The Hall–Kier alpha value is -3.62. The first kappa shape index (κ1) is 24.1. The Bertz CT molecular complexity index is 1380. The van der Waals surface area contributed by atoms with Crippen LogP contribution in [0.25, 0.3) is 11.0 Å². The maximum Gasteiger partial charge on any atom is 0.196 e. The van der Waals surface area contributed by atoms with Crippen LogP contribution in [-0.4, -0.2) is 45.6 Å². The highest BCUT2D eigenvalue weighted by Gasteiger charge is 2.24. The van der Waals surface area contributed by atoms with Crippen LogP contribution in [-0.2, 0) is 0 Å². The van der Waals surface area contributed by atoms with Crippen molar-refractivity contribution in [3.63, 3.8) is 0 Å². The van der Waals surface area contributed by atoms with E-state index in [-0.39, 0.29) is 23.5 Å². The summed E-state index contributed by atoms with van der Waals surface area (Å²) in [7, 11) is 1.56. The standard InChI is InChI=1S/C27H27ClN4O4/c1-35-19-10-20(13-29-12-19)36-18-6-7-21(23(28)11-18)26(34)22-14-31-27-25(22)24(8-9-30-27)32-17-4-2-16(15-33)3-5-17/h6-14,16-17,33H,2-5,15H2,1H3,(H2,30,31,32)/t16-,17-. The number of anilines is 1. The topological polar surface area (TPSA) is 109 Å². The zero-order chi connectivity index (χ0) is 25.1. The highest BCUT2D eigenvalue weighted by Crippen LogP contribution is 2.34. The second-order valence-electron chi connectivity index (χ2n) is 8.96. The first-order valence-corrected chi connectivity index (χ1v) is 12.3. The summed E-state index contributed by atoms with van der Waals surface area (Å²) >= 11 is 6.54. The van der Waals surface area contributed by atoms with Gasteiger partial charge in [-0.15, -0.1) is 0 Å². The largest absolute Gasteiger partial charge is 0.495 e. The van der Waals surface area contributed by atoms with Crippen LogP contribution in [0.3, 0.4) is 0 Å². The van der Waals surface area contributed by atoms with Crippen LogP contribution in [0.4, 0.5) is 5.69 Å². The predicted octanol–water partition coefficient (Wildman–Crippen LogP) is 5.61. The molecule has 0 amide bonds. The monoisotopic (exact) mass is 506 g/mol. The molecule has 9 heteroatoms. The number of hydrogen-bond donors (Lipinski definition) is 3. The molecule has 3 heterocycles. The van der Waals surface area contributed by atoms with Crippen molar-refractivity contribution in [2.45, 2.75) is 31.7 Å². The molecule has 0 bridgehead atoms. The van der Waals surface area contributed by atoms with Crippen LogP contribution >= 0.6 is 11.6 Å². The van der Waals surface area contributed by atoms with Crippen LogP contribution < -0.4 is 14.8 Å². The number of pyridine rings is 2. The summed E-state index contributed by atoms with van der Waals surface area (Å²) in [5.74, 6) is 1.72. The molecule has 3 aromatic heterocycles. The predicted molar refractivity (Wildman–Crippen MR) is 138 cm³/mol. The minimum atomic E-state index is -0.208. The molecule has 1 aliphatic carbocycles. The van der Waals surface area contributed by atoms with E-state index in [1.54, 1.807) is 56.2 Å². The van der Waals surface area contributed by atoms with Gasteiger partial charge in [-0.3, -0.25) is 9.78 Å². The quantitative estimate of drug-likeness (QED) is 0.266. The van der Waals surface area contributed by atoms with E-state index >= 15 is 0 Å². The van der Waals surface area contributed by atoms with Crippen molar-refractivity contribution >= 4 is 34.1 Å². The van der Waals surface area contributed by atoms with E-state index in [4.69, 9.17) is 21.1 Å². The van der Waals surface area contributed by atoms with Gasteiger partial charge in [-0.2, -0.15) is 0 Å². The van der Waals surface area contributed by atoms with Gasteiger partial charge in [-0.1, -0.05) is 11.6 Å². The highest BCUT2D eigenvalue weighted by molar-refractivity contribution is 6.35. The van der Waals surface area contributed by atoms with E-state index in [0.717, 1.165) is 36.8 Å². The molecule has 3 N–H and O–H groups in total. The summed E-state index contributed by atoms with van der Waals surface area (Å²) in [6, 6.07) is 8.86. The number of halogens is 1. The number of carbonyl (C=O) groups excluding carboxylic acids is 1. The molecule has 1 fully saturated rings. The van der Waals surface area contributed by atoms with Gasteiger partial charge in [0.1, 0.15) is 22.9 Å². The number of aliphatic hydroxyl groups is 1. The fourth-order valence-corrected chi connectivity index (χ4v) is 4.91. The van der Waals surface area contributed by atoms with Crippen LogP contribution in [0.2, 0.25) is 5.02 Å². The Morgan fingerprint density at radius 2 is 1.92 bits per heavy atom. The van der Waals surface area contributed by atoms with Crippen molar-refractivity contribution < 1.29 is 19.4 Å². The highest BCUT2D eigenvalue weighted by atomic mass is 35.5. The van der Waals surface area contributed by atoms with E-state index in [9.17, 15) is 9.90 Å². The molecule has 186 valence electrons. The number of hydrogen-bond acceptors (Lipinski definition) is 7. The zero-order valence-corrected chi connectivity index (χ0v) is 20.6. The molecule has 0 aliphatic heterocycles. The van der Waals surface area contributed by atoms with Gasteiger partial charge in [0.2, 0.25) is 0 Å². The molecule has 1 aromatic carbocycles. The summed E-state index contributed by atoms with van der Waals surface area (Å²) in [6.07, 6.45) is 10.5. The molecule has 1 aliphatic rings. The van der Waals surface area contributed by atoms with Crippen molar-refractivity contribution in [2.75, 3.05) is 19.0 Å². The van der Waals surface area contributed by atoms with Crippen molar-refractivity contribution in [1.82, 2.24) is 15.0 Å². The third-order valence-corrected chi connectivity index (χ3v) is 6.94. The smallest absolute Gasteiger partial charge is 0.196 e. The number of nitrogens with zero attached hydrogens (tertiary/aromatic N) is 2. The Balaban J connectivity index is 1.39. The Morgan fingerprint density at radius 3 is 2.67 bits per heavy atom. The number of rotatable bonds is 8. The number of fused-ring (bicyclic) bond motifs is 1. The van der Waals surface area contributed by atoms with Crippen molar-refractivity contribution in [2.24, 2.45) is 5.92 Å². The molecule has 5 rings (SSSR count). The summed E-state index contributed by atoms with van der Waals surface area (Å²) in [4.78, 5) is 25.2. The maximum absolute atomic E-state index is 13.6. The summed E-state index contributed by atoms with van der Waals surface area (Å²) in [6.45, 7) is 0.240. The Kier molecular flexibility index (Phi) is 7.06. The number of H-pyrrole nitrogens is 1. The van der Waals surface area contributed by atoms with Crippen LogP contribution in [0, 0.1) is 5.92 Å². The fraction of sp³-hybridized carbons (Fsp3) is 0.296. The first-order valence-electron chi connectivity index (χ1n) is 11.9. The average Bonchev–Trinajstić information content (AvgIpc) is 3.34. The number of aliphatic hydroxyl groups excluding tert-OH is 1. The van der Waals surface area contributed by atoms with Gasteiger partial charge in [-0.25, -0.2) is 4.98 Å². The number of methoxy groups -OCH3 is 1. The fourth-order valence-electron chi connectivity index (χ4n) is 4.66. The zero-order valence-electron chi connectivity index (χ0n) is 19.8. The second-order valence-corrected chi connectivity index (χ2v) is 9.37. The molecule has 0 radical (unpaired) electrons. The third kappa shape index (κ3) is 5.01. The average molecular weight is 507 g/mol. The Labute approximate surface area is 213 Å². The van der Waals surface area contributed by atoms with E-state index in [0.29, 0.717) is 39.9 Å². The minimum absolute atomic E-state index is 0.208. The molecule has 0 atom stereocenters. The maximum atomic E-state index is 13.6. The minimum Gasteiger partial charge on any atom is -0.495 e. The number of nitrogens with one attached hydrogen (secondary N) is 2. The van der Waals surface area contributed by atoms with E-state index in [2.05, 4.69) is 20.3 Å². The van der Waals surface area contributed by atoms with Crippen LogP contribution in [0.5, 0.6) is 17.2 Å². The van der Waals surface area contributed by atoms with Gasteiger partial charge < -0.3 is 24.9 Å². The third-order valence-electron chi connectivity index (χ3n) is 6.63. The number of aromatic amines is 1. The van der Waals surface area contributed by atoms with Crippen molar-refractivity contribution in [1.29, 1.82) is 0 Å². The lowest BCUT2D eigenvalue weighted by molar-refractivity contribution is 0.104. The molecular formula is C27H27ClN4O4. The molecule has 1 saturated carbocycles. The number of benzene rings is 1. The lowest BCUT2D eigenvalue weighted by Gasteiger charge is -2.29. The van der Waals surface area contributed by atoms with Gasteiger partial charge in [0.05, 0.1) is 35.5 Å². The number of carbonyl (C=O) groups is 1. The molecule has 0 unspecified atom stereocenters. The van der Waals surface area contributed by atoms with Crippen molar-refractivity contribution in [3.8, 4) is 17.2 Å². The van der Waals surface area contributed by atoms with Gasteiger partial charge in [0.25, 0.3) is 0 Å². The van der Waals surface area contributed by atoms with E-state index in [1.165, 1.54) is 0 Å². The summed E-state index contributed by atoms with van der Waals surface area (Å²) in [5.41, 5.74) is 2.36. The lowest BCUT2D eigenvalue weighted by atomic mass is 9.86. The molecule has 0 saturated heterocycles. The van der Waals surface area contributed by atoms with Gasteiger partial charge in [-0.05, 0) is 49.8 Å². The number of ketones is 1. The van der Waals surface area contributed by atoms with E-state index < -0.39 is 0 Å². The molecule has 8 nitrogen and oxygen atoms in total. The first-order chi connectivity index (χ1) is 17.6. The van der Waals surface area contributed by atoms with Gasteiger partial charge >= 0.3 is 0 Å². The molecule has 36 heavy (non-hydrogen) atoms. The SMILES string of the molecule is COc1cncc(Oc2ccc(C(=O)c3c[nH]c4nccc(N[C@H]5CC[C@H](CO)CC5)c34)c(Cl)c2)c1. The van der Waals surface area contributed by atoms with Gasteiger partial charge in [0, 0.05) is 48.4 Å². The number of ether oxygens (including phenoxy) is 2. The Morgan fingerprint density at radius 1 is 1.11 bits per heavy atom. The lowest BCUT2D eigenvalue weighted by Crippen LogP contribution is -2.27. The summed E-state index contributed by atoms with van der Waals surface area (Å²) < 4.78 is 11.0.